The van der Waals surface area contributed by atoms with Gasteiger partial charge in [0.05, 0.1) is 17.9 Å². The summed E-state index contributed by atoms with van der Waals surface area (Å²) in [7, 11) is 0. The highest BCUT2D eigenvalue weighted by Gasteiger charge is 2.35. The number of carbonyl (C=O) groups is 1. The molecule has 1 aliphatic heterocycles. The van der Waals surface area contributed by atoms with Crippen molar-refractivity contribution in [3.05, 3.63) is 35.8 Å². The number of carboxylic acids is 1. The molecule has 0 bridgehead atoms. The van der Waals surface area contributed by atoms with Gasteiger partial charge in [-0.15, -0.1) is 0 Å². The predicted molar refractivity (Wildman–Crippen MR) is 130 cm³/mol. The Morgan fingerprint density at radius 1 is 1.18 bits per heavy atom. The summed E-state index contributed by atoms with van der Waals surface area (Å²) in [6.07, 6.45) is 4.50. The fraction of sp³-hybridized carbons (Fsp3) is 0.577. The van der Waals surface area contributed by atoms with Gasteiger partial charge >= 0.3 is 5.97 Å². The molecule has 7 heteroatoms. The average molecular weight is 456 g/mol. The van der Waals surface area contributed by atoms with Gasteiger partial charge < -0.3 is 19.5 Å². The molecule has 180 valence electrons. The molecule has 1 atom stereocenters. The van der Waals surface area contributed by atoms with Gasteiger partial charge in [-0.25, -0.2) is 9.78 Å². The number of rotatable bonds is 7. The number of hydrogen-bond acceptors (Lipinski definition) is 6. The highest BCUT2D eigenvalue weighted by atomic mass is 16.5. The number of hydrogen-bond donors (Lipinski definition) is 1. The number of aromatic nitrogens is 2. The predicted octanol–water partition coefficient (Wildman–Crippen LogP) is 5.42. The molecule has 0 saturated carbocycles. The lowest BCUT2D eigenvalue weighted by atomic mass is 9.82. The zero-order valence-corrected chi connectivity index (χ0v) is 20.9. The third-order valence-electron chi connectivity index (χ3n) is 6.02. The van der Waals surface area contributed by atoms with E-state index in [2.05, 4.69) is 28.7 Å². The van der Waals surface area contributed by atoms with Crippen molar-refractivity contribution in [2.24, 2.45) is 5.41 Å². The van der Waals surface area contributed by atoms with Crippen molar-refractivity contribution in [3.8, 4) is 17.0 Å². The first-order valence-electron chi connectivity index (χ1n) is 11.7. The van der Waals surface area contributed by atoms with Crippen LogP contribution in [-0.2, 0) is 9.53 Å². The normalized spacial score (nSPS) is 17.0. The average Bonchev–Trinajstić information content (AvgIpc) is 2.72. The Labute approximate surface area is 197 Å². The number of aliphatic carboxylic acids is 1. The third-order valence-corrected chi connectivity index (χ3v) is 6.02. The van der Waals surface area contributed by atoms with Gasteiger partial charge in [-0.1, -0.05) is 13.8 Å². The van der Waals surface area contributed by atoms with Gasteiger partial charge in [-0.3, -0.25) is 4.98 Å². The van der Waals surface area contributed by atoms with Crippen molar-refractivity contribution in [1.82, 2.24) is 9.97 Å². The first-order valence-corrected chi connectivity index (χ1v) is 11.7. The summed E-state index contributed by atoms with van der Waals surface area (Å²) in [5.74, 6) is -0.460. The zero-order chi connectivity index (χ0) is 24.4. The van der Waals surface area contributed by atoms with Crippen molar-refractivity contribution in [1.29, 1.82) is 0 Å². The van der Waals surface area contributed by atoms with Gasteiger partial charge in [0.15, 0.2) is 6.10 Å². The molecule has 1 N–H and O–H groups in total. The zero-order valence-electron chi connectivity index (χ0n) is 20.9. The summed E-state index contributed by atoms with van der Waals surface area (Å²) >= 11 is 0. The standard InChI is InChI=1S/C26H37N3O4/c1-8-32-20-10-9-18(15-28-20)19-16-27-17(2)21(23(24(30)31)33-25(3,4)5)22(19)29-13-11-26(6,7)12-14-29/h9-10,15-16,23H,8,11-14H2,1-7H3,(H,30,31). The van der Waals surface area contributed by atoms with Crippen molar-refractivity contribution >= 4 is 11.7 Å². The number of carboxylic acid groups (broad SMARTS) is 1. The largest absolute Gasteiger partial charge is 0.479 e. The van der Waals surface area contributed by atoms with Gasteiger partial charge in [0.2, 0.25) is 5.88 Å². The summed E-state index contributed by atoms with van der Waals surface area (Å²) in [4.78, 5) is 23.8. The maximum atomic E-state index is 12.4. The molecular formula is C26H37N3O4. The van der Waals surface area contributed by atoms with Crippen LogP contribution in [0, 0.1) is 12.3 Å². The van der Waals surface area contributed by atoms with Crippen molar-refractivity contribution in [2.45, 2.75) is 73.0 Å². The maximum absolute atomic E-state index is 12.4. The second-order valence-corrected chi connectivity index (χ2v) is 10.4. The molecule has 3 rings (SSSR count). The molecule has 0 amide bonds. The van der Waals surface area contributed by atoms with E-state index in [9.17, 15) is 9.90 Å². The van der Waals surface area contributed by atoms with Crippen LogP contribution in [0.3, 0.4) is 0 Å². The van der Waals surface area contributed by atoms with E-state index >= 15 is 0 Å². The van der Waals surface area contributed by atoms with Crippen molar-refractivity contribution in [3.63, 3.8) is 0 Å². The van der Waals surface area contributed by atoms with Crippen LogP contribution in [0.2, 0.25) is 0 Å². The van der Waals surface area contributed by atoms with Crippen LogP contribution >= 0.6 is 0 Å². The van der Waals surface area contributed by atoms with Gasteiger partial charge in [-0.05, 0) is 58.9 Å². The van der Waals surface area contributed by atoms with Crippen LogP contribution in [-0.4, -0.2) is 46.3 Å². The van der Waals surface area contributed by atoms with Gasteiger partial charge in [0.25, 0.3) is 0 Å². The molecule has 2 aromatic heterocycles. The molecule has 2 aromatic rings. The van der Waals surface area contributed by atoms with Crippen molar-refractivity contribution < 1.29 is 19.4 Å². The smallest absolute Gasteiger partial charge is 0.337 e. The van der Waals surface area contributed by atoms with Crippen LogP contribution in [0.5, 0.6) is 5.88 Å². The molecular weight excluding hydrogens is 418 g/mol. The Bertz CT molecular complexity index is 970. The summed E-state index contributed by atoms with van der Waals surface area (Å²) in [5, 5.41) is 10.2. The molecule has 0 aromatic carbocycles. The molecule has 0 spiro atoms. The molecule has 1 aliphatic rings. The molecule has 3 heterocycles. The second-order valence-electron chi connectivity index (χ2n) is 10.4. The van der Waals surface area contributed by atoms with Crippen LogP contribution in [0.1, 0.15) is 71.7 Å². The summed E-state index contributed by atoms with van der Waals surface area (Å²) < 4.78 is 11.6. The first-order chi connectivity index (χ1) is 15.4. The van der Waals surface area contributed by atoms with Crippen molar-refractivity contribution in [2.75, 3.05) is 24.6 Å². The van der Waals surface area contributed by atoms with Gasteiger partial charge in [-0.2, -0.15) is 0 Å². The van der Waals surface area contributed by atoms with Crippen LogP contribution in [0.25, 0.3) is 11.1 Å². The summed E-state index contributed by atoms with van der Waals surface area (Å²) in [5.41, 5.74) is 3.50. The number of pyridine rings is 2. The first kappa shape index (κ1) is 25.0. The Morgan fingerprint density at radius 2 is 1.85 bits per heavy atom. The third kappa shape index (κ3) is 6.02. The molecule has 1 unspecified atom stereocenters. The lowest BCUT2D eigenvalue weighted by molar-refractivity contribution is -0.160. The van der Waals surface area contributed by atoms with E-state index in [0.29, 0.717) is 23.7 Å². The highest BCUT2D eigenvalue weighted by Crippen LogP contribution is 2.43. The van der Waals surface area contributed by atoms with Crippen LogP contribution < -0.4 is 9.64 Å². The van der Waals surface area contributed by atoms with E-state index in [-0.39, 0.29) is 5.41 Å². The quantitative estimate of drug-likeness (QED) is 0.597. The Balaban J connectivity index is 2.19. The number of ether oxygens (including phenoxy) is 2. The Hall–Kier alpha value is -2.67. The minimum atomic E-state index is -1.13. The van der Waals surface area contributed by atoms with E-state index in [0.717, 1.165) is 42.7 Å². The van der Waals surface area contributed by atoms with Gasteiger partial charge in [0.1, 0.15) is 0 Å². The number of aryl methyl sites for hydroxylation is 1. The molecule has 1 fully saturated rings. The SMILES string of the molecule is CCOc1ccc(-c2cnc(C)c(C(OC(C)(C)C)C(=O)O)c2N2CCC(C)(C)CC2)cn1. The lowest BCUT2D eigenvalue weighted by Crippen LogP contribution is -2.39. The van der Waals surface area contributed by atoms with Gasteiger partial charge in [0, 0.05) is 53.9 Å². The molecule has 7 nitrogen and oxygen atoms in total. The summed E-state index contributed by atoms with van der Waals surface area (Å²) in [6.45, 7) is 16.2. The number of anilines is 1. The minimum Gasteiger partial charge on any atom is -0.479 e. The fourth-order valence-corrected chi connectivity index (χ4v) is 4.17. The van der Waals surface area contributed by atoms with E-state index in [4.69, 9.17) is 9.47 Å². The summed E-state index contributed by atoms with van der Waals surface area (Å²) in [6, 6.07) is 3.79. The van der Waals surface area contributed by atoms with Crippen LogP contribution in [0.15, 0.2) is 24.5 Å². The van der Waals surface area contributed by atoms with E-state index in [1.807, 2.05) is 52.9 Å². The molecule has 0 aliphatic carbocycles. The number of piperidine rings is 1. The lowest BCUT2D eigenvalue weighted by Gasteiger charge is -2.40. The van der Waals surface area contributed by atoms with E-state index in [1.54, 1.807) is 6.20 Å². The second kappa shape index (κ2) is 9.67. The fourth-order valence-electron chi connectivity index (χ4n) is 4.17. The highest BCUT2D eigenvalue weighted by molar-refractivity contribution is 5.86. The number of nitrogens with zero attached hydrogens (tertiary/aromatic N) is 3. The maximum Gasteiger partial charge on any atom is 0.337 e. The van der Waals surface area contributed by atoms with E-state index < -0.39 is 17.7 Å². The Kier molecular flexibility index (Phi) is 7.32. The Morgan fingerprint density at radius 3 is 2.36 bits per heavy atom. The van der Waals surface area contributed by atoms with Crippen LogP contribution in [0.4, 0.5) is 5.69 Å². The molecule has 1 saturated heterocycles. The molecule has 33 heavy (non-hydrogen) atoms. The monoisotopic (exact) mass is 455 g/mol. The topological polar surface area (TPSA) is 84.8 Å². The minimum absolute atomic E-state index is 0.258. The van der Waals surface area contributed by atoms with E-state index in [1.165, 1.54) is 0 Å². The molecule has 0 radical (unpaired) electrons.